The van der Waals surface area contributed by atoms with Gasteiger partial charge in [0, 0.05) is 6.92 Å². The molecule has 160 valence electrons. The minimum atomic E-state index is -1.39. The minimum absolute atomic E-state index is 0.0370. The number of carbonyl (C=O) groups excluding carboxylic acids is 4. The molecule has 0 aromatic heterocycles. The second-order valence-electron chi connectivity index (χ2n) is 6.86. The van der Waals surface area contributed by atoms with E-state index in [1.807, 2.05) is 37.3 Å². The van der Waals surface area contributed by atoms with E-state index in [0.717, 1.165) is 17.3 Å². The van der Waals surface area contributed by atoms with Gasteiger partial charge < -0.3 is 10.6 Å². The molecule has 2 aromatic rings. The number of para-hydroxylation sites is 1. The van der Waals surface area contributed by atoms with E-state index in [4.69, 9.17) is 0 Å². The van der Waals surface area contributed by atoms with Crippen LogP contribution in [0.15, 0.2) is 65.7 Å². The number of hydrogen-bond donors (Lipinski definition) is 2. The molecule has 0 saturated heterocycles. The van der Waals surface area contributed by atoms with Gasteiger partial charge in [-0.3, -0.25) is 24.1 Å². The van der Waals surface area contributed by atoms with E-state index in [1.165, 1.54) is 11.8 Å². The van der Waals surface area contributed by atoms with Crippen LogP contribution in [0.2, 0.25) is 0 Å². The van der Waals surface area contributed by atoms with Gasteiger partial charge in [0.2, 0.25) is 11.8 Å². The Morgan fingerprint density at radius 1 is 1.06 bits per heavy atom. The number of amides is 4. The molecule has 9 heteroatoms. The van der Waals surface area contributed by atoms with Gasteiger partial charge in [-0.2, -0.15) is 4.99 Å². The quantitative estimate of drug-likeness (QED) is 0.671. The fourth-order valence-electron chi connectivity index (χ4n) is 3.01. The SMILES string of the molecule is CC(=O)N[C@H]1C(=O)N=C(SCC(=O)N[C@H](C)c2ccccc2)N(c2ccccc2)C1=O. The molecule has 2 aromatic carbocycles. The maximum absolute atomic E-state index is 13.0. The predicted molar refractivity (Wildman–Crippen MR) is 119 cm³/mol. The first-order chi connectivity index (χ1) is 14.9. The van der Waals surface area contributed by atoms with Gasteiger partial charge in [0.1, 0.15) is 0 Å². The monoisotopic (exact) mass is 438 g/mol. The van der Waals surface area contributed by atoms with Crippen LogP contribution in [0, 0.1) is 0 Å². The summed E-state index contributed by atoms with van der Waals surface area (Å²) in [6, 6.07) is 16.6. The van der Waals surface area contributed by atoms with Gasteiger partial charge in [0.05, 0.1) is 17.5 Å². The van der Waals surface area contributed by atoms with Gasteiger partial charge in [0.15, 0.2) is 11.2 Å². The van der Waals surface area contributed by atoms with E-state index >= 15 is 0 Å². The summed E-state index contributed by atoms with van der Waals surface area (Å²) in [6.45, 7) is 3.09. The first-order valence-corrected chi connectivity index (χ1v) is 10.6. The van der Waals surface area contributed by atoms with Crippen LogP contribution in [0.1, 0.15) is 25.5 Å². The average Bonchev–Trinajstić information content (AvgIpc) is 2.76. The van der Waals surface area contributed by atoms with Crippen molar-refractivity contribution in [3.8, 4) is 0 Å². The zero-order valence-electron chi connectivity index (χ0n) is 17.1. The van der Waals surface area contributed by atoms with Gasteiger partial charge in [-0.15, -0.1) is 0 Å². The highest BCUT2D eigenvalue weighted by molar-refractivity contribution is 8.14. The van der Waals surface area contributed by atoms with Gasteiger partial charge in [0.25, 0.3) is 11.8 Å². The minimum Gasteiger partial charge on any atom is -0.349 e. The van der Waals surface area contributed by atoms with Crippen LogP contribution in [-0.4, -0.2) is 40.6 Å². The first-order valence-electron chi connectivity index (χ1n) is 9.62. The molecule has 0 unspecified atom stereocenters. The van der Waals surface area contributed by atoms with Crippen LogP contribution >= 0.6 is 11.8 Å². The summed E-state index contributed by atoms with van der Waals surface area (Å²) in [4.78, 5) is 54.5. The summed E-state index contributed by atoms with van der Waals surface area (Å²) in [7, 11) is 0. The first kappa shape index (κ1) is 22.2. The predicted octanol–water partition coefficient (Wildman–Crippen LogP) is 2.03. The third kappa shape index (κ3) is 5.58. The van der Waals surface area contributed by atoms with Crippen LogP contribution in [0.25, 0.3) is 0 Å². The van der Waals surface area contributed by atoms with Crippen molar-refractivity contribution in [3.05, 3.63) is 66.2 Å². The third-order valence-electron chi connectivity index (χ3n) is 4.48. The van der Waals surface area contributed by atoms with Gasteiger partial charge in [-0.05, 0) is 24.6 Å². The lowest BCUT2D eigenvalue weighted by Gasteiger charge is -2.30. The van der Waals surface area contributed by atoms with E-state index in [-0.39, 0.29) is 22.9 Å². The summed E-state index contributed by atoms with van der Waals surface area (Å²) in [5.41, 5.74) is 1.45. The van der Waals surface area contributed by atoms with Gasteiger partial charge in [-0.25, -0.2) is 0 Å². The number of aliphatic imine (C=N–C) groups is 1. The standard InChI is InChI=1S/C22H22N4O4S/c1-14(16-9-5-3-6-10-16)23-18(28)13-31-22-25-20(29)19(24-15(2)27)21(30)26(22)17-11-7-4-8-12-17/h3-12,14,19H,13H2,1-2H3,(H,23,28)(H,24,27)/t14-,19+/m1/s1. The molecule has 1 aliphatic heterocycles. The fourth-order valence-corrected chi connectivity index (χ4v) is 3.84. The number of anilines is 1. The highest BCUT2D eigenvalue weighted by Gasteiger charge is 2.39. The van der Waals surface area contributed by atoms with Crippen molar-refractivity contribution in [3.63, 3.8) is 0 Å². The molecule has 2 N–H and O–H groups in total. The summed E-state index contributed by atoms with van der Waals surface area (Å²) in [5.74, 6) is -2.21. The smallest absolute Gasteiger partial charge is 0.280 e. The van der Waals surface area contributed by atoms with Crippen LogP contribution in [-0.2, 0) is 19.2 Å². The molecule has 0 fully saturated rings. The van der Waals surface area contributed by atoms with Crippen LogP contribution < -0.4 is 15.5 Å². The van der Waals surface area contributed by atoms with Crippen molar-refractivity contribution in [1.82, 2.24) is 10.6 Å². The van der Waals surface area contributed by atoms with Crippen molar-refractivity contribution < 1.29 is 19.2 Å². The zero-order valence-corrected chi connectivity index (χ0v) is 17.9. The van der Waals surface area contributed by atoms with Gasteiger partial charge >= 0.3 is 0 Å². The van der Waals surface area contributed by atoms with E-state index in [9.17, 15) is 19.2 Å². The molecule has 0 bridgehead atoms. The third-order valence-corrected chi connectivity index (χ3v) is 5.42. The lowest BCUT2D eigenvalue weighted by Crippen LogP contribution is -2.57. The topological polar surface area (TPSA) is 108 Å². The molecule has 1 heterocycles. The van der Waals surface area contributed by atoms with Crippen LogP contribution in [0.5, 0.6) is 0 Å². The molecule has 1 aliphatic rings. The Morgan fingerprint density at radius 3 is 2.29 bits per heavy atom. The van der Waals surface area contributed by atoms with Crippen LogP contribution in [0.4, 0.5) is 5.69 Å². The Morgan fingerprint density at radius 2 is 1.68 bits per heavy atom. The van der Waals surface area contributed by atoms with E-state index in [0.29, 0.717) is 5.69 Å². The number of nitrogens with one attached hydrogen (secondary N) is 2. The lowest BCUT2D eigenvalue weighted by molar-refractivity contribution is -0.133. The van der Waals surface area contributed by atoms with Crippen molar-refractivity contribution in [2.24, 2.45) is 4.99 Å². The normalized spacial score (nSPS) is 17.0. The summed E-state index contributed by atoms with van der Waals surface area (Å²) < 4.78 is 0. The largest absolute Gasteiger partial charge is 0.349 e. The number of benzene rings is 2. The maximum Gasteiger partial charge on any atom is 0.280 e. The summed E-state index contributed by atoms with van der Waals surface area (Å²) in [5, 5.41) is 5.31. The highest BCUT2D eigenvalue weighted by Crippen LogP contribution is 2.24. The zero-order chi connectivity index (χ0) is 22.4. The Hall–Kier alpha value is -3.46. The molecule has 31 heavy (non-hydrogen) atoms. The molecule has 4 amide bonds. The van der Waals surface area contributed by atoms with Crippen molar-refractivity contribution in [1.29, 1.82) is 0 Å². The molecule has 0 aliphatic carbocycles. The number of hydrogen-bond acceptors (Lipinski definition) is 5. The molecular formula is C22H22N4O4S. The van der Waals surface area contributed by atoms with E-state index in [1.54, 1.807) is 30.3 Å². The van der Waals surface area contributed by atoms with Crippen molar-refractivity contribution in [2.45, 2.75) is 25.9 Å². The Balaban J connectivity index is 1.75. The molecular weight excluding hydrogens is 416 g/mol. The number of thioether (sulfide) groups is 1. The van der Waals surface area contributed by atoms with Gasteiger partial charge in [-0.1, -0.05) is 60.3 Å². The summed E-state index contributed by atoms with van der Waals surface area (Å²) in [6.07, 6.45) is 0. The molecule has 0 spiro atoms. The molecule has 3 rings (SSSR count). The van der Waals surface area contributed by atoms with Crippen LogP contribution in [0.3, 0.4) is 0 Å². The lowest BCUT2D eigenvalue weighted by atomic mass is 10.1. The maximum atomic E-state index is 13.0. The van der Waals surface area contributed by atoms with E-state index in [2.05, 4.69) is 15.6 Å². The average molecular weight is 439 g/mol. The number of amidine groups is 1. The second-order valence-corrected chi connectivity index (χ2v) is 7.81. The molecule has 8 nitrogen and oxygen atoms in total. The van der Waals surface area contributed by atoms with Crippen molar-refractivity contribution in [2.75, 3.05) is 10.7 Å². The number of carbonyl (C=O) groups is 4. The fraction of sp³-hybridized carbons (Fsp3) is 0.227. The molecule has 0 saturated carbocycles. The Bertz CT molecular complexity index is 1010. The molecule has 0 radical (unpaired) electrons. The number of rotatable bonds is 6. The second kappa shape index (κ2) is 10.0. The van der Waals surface area contributed by atoms with Crippen molar-refractivity contribution >= 4 is 46.2 Å². The van der Waals surface area contributed by atoms with E-state index < -0.39 is 23.8 Å². The molecule has 2 atom stereocenters. The Kier molecular flexibility index (Phi) is 7.19. The highest BCUT2D eigenvalue weighted by atomic mass is 32.2. The summed E-state index contributed by atoms with van der Waals surface area (Å²) >= 11 is 0.984. The number of nitrogens with zero attached hydrogens (tertiary/aromatic N) is 2. The Labute approximate surface area is 184 Å².